The first-order chi connectivity index (χ1) is 10.6. The maximum absolute atomic E-state index is 12.0. The maximum Gasteiger partial charge on any atom is 0.291 e. The van der Waals surface area contributed by atoms with Gasteiger partial charge in [0.2, 0.25) is 5.82 Å². The number of halogens is 1. The van der Waals surface area contributed by atoms with Crippen molar-refractivity contribution in [2.45, 2.75) is 13.0 Å². The van der Waals surface area contributed by atoms with Gasteiger partial charge in [0, 0.05) is 48.3 Å². The minimum absolute atomic E-state index is 0.115. The summed E-state index contributed by atoms with van der Waals surface area (Å²) in [6.45, 7) is 1.78. The van der Waals surface area contributed by atoms with Gasteiger partial charge in [0.15, 0.2) is 0 Å². The van der Waals surface area contributed by atoms with E-state index in [-0.39, 0.29) is 11.8 Å². The smallest absolute Gasteiger partial charge is 0.291 e. The number of nitrogens with zero attached hydrogens (tertiary/aromatic N) is 4. The first-order valence-corrected chi connectivity index (χ1v) is 8.49. The molecule has 0 radical (unpaired) electrons. The molecule has 0 spiro atoms. The number of hydrogen-bond donors (Lipinski definition) is 1. The fourth-order valence-electron chi connectivity index (χ4n) is 2.26. The molecule has 3 rings (SSSR count). The lowest BCUT2D eigenvalue weighted by atomic mass is 10.3. The molecule has 22 heavy (non-hydrogen) atoms. The molecule has 0 saturated carbocycles. The van der Waals surface area contributed by atoms with Crippen LogP contribution in [-0.4, -0.2) is 51.6 Å². The quantitative estimate of drug-likeness (QED) is 0.858. The molecule has 0 aliphatic carbocycles. The van der Waals surface area contributed by atoms with Crippen molar-refractivity contribution in [1.29, 1.82) is 0 Å². The second-order valence-electron chi connectivity index (χ2n) is 4.96. The Kier molecular flexibility index (Phi) is 4.25. The molecule has 1 aliphatic rings. The minimum Gasteiger partial charge on any atom is -0.352 e. The first kappa shape index (κ1) is 15.2. The first-order valence-electron chi connectivity index (χ1n) is 6.75. The van der Waals surface area contributed by atoms with Crippen LogP contribution in [0.15, 0.2) is 15.2 Å². The van der Waals surface area contributed by atoms with E-state index in [9.17, 15) is 9.59 Å². The molecule has 9 heteroatoms. The SMILES string of the molecule is CN1CCn2c(CCNC(=O)c3cscc3Br)nnc2C1=O. The average molecular weight is 384 g/mol. The number of rotatable bonds is 4. The maximum atomic E-state index is 12.0. The summed E-state index contributed by atoms with van der Waals surface area (Å²) < 4.78 is 2.62. The summed E-state index contributed by atoms with van der Waals surface area (Å²) in [5.41, 5.74) is 0.630. The average Bonchev–Trinajstić information content (AvgIpc) is 3.10. The van der Waals surface area contributed by atoms with Crippen molar-refractivity contribution < 1.29 is 9.59 Å². The molecule has 2 amide bonds. The van der Waals surface area contributed by atoms with Gasteiger partial charge in [0.05, 0.1) is 5.56 Å². The summed E-state index contributed by atoms with van der Waals surface area (Å²) in [5, 5.41) is 14.5. The van der Waals surface area contributed by atoms with Crippen molar-refractivity contribution in [2.75, 3.05) is 20.1 Å². The summed E-state index contributed by atoms with van der Waals surface area (Å²) >= 11 is 4.81. The Morgan fingerprint density at radius 1 is 1.41 bits per heavy atom. The zero-order valence-corrected chi connectivity index (χ0v) is 14.3. The van der Waals surface area contributed by atoms with Crippen molar-refractivity contribution >= 4 is 39.1 Å². The fraction of sp³-hybridized carbons (Fsp3) is 0.385. The van der Waals surface area contributed by atoms with Gasteiger partial charge in [-0.15, -0.1) is 10.2 Å². The van der Waals surface area contributed by atoms with Gasteiger partial charge in [-0.3, -0.25) is 9.59 Å². The molecule has 0 bridgehead atoms. The summed E-state index contributed by atoms with van der Waals surface area (Å²) in [6.07, 6.45) is 0.539. The summed E-state index contributed by atoms with van der Waals surface area (Å²) in [7, 11) is 1.75. The van der Waals surface area contributed by atoms with Crippen LogP contribution in [-0.2, 0) is 13.0 Å². The molecule has 1 aliphatic heterocycles. The number of likely N-dealkylation sites (N-methyl/N-ethyl adjacent to an activating group) is 1. The van der Waals surface area contributed by atoms with Gasteiger partial charge in [-0.05, 0) is 15.9 Å². The third-order valence-electron chi connectivity index (χ3n) is 3.52. The highest BCUT2D eigenvalue weighted by Crippen LogP contribution is 2.20. The summed E-state index contributed by atoms with van der Waals surface area (Å²) in [6, 6.07) is 0. The van der Waals surface area contributed by atoms with E-state index < -0.39 is 0 Å². The van der Waals surface area contributed by atoms with Crippen molar-refractivity contribution in [3.05, 3.63) is 32.4 Å². The molecule has 0 aromatic carbocycles. The molecule has 0 fully saturated rings. The minimum atomic E-state index is -0.123. The molecule has 0 unspecified atom stereocenters. The van der Waals surface area contributed by atoms with Crippen LogP contribution in [0.5, 0.6) is 0 Å². The van der Waals surface area contributed by atoms with Crippen LogP contribution in [0.1, 0.15) is 26.8 Å². The Labute approximate surface area is 139 Å². The predicted octanol–water partition coefficient (Wildman–Crippen LogP) is 1.16. The van der Waals surface area contributed by atoms with E-state index >= 15 is 0 Å². The third kappa shape index (κ3) is 2.78. The van der Waals surface area contributed by atoms with Crippen molar-refractivity contribution in [2.24, 2.45) is 0 Å². The Bertz CT molecular complexity index is 726. The Hall–Kier alpha value is -1.74. The van der Waals surface area contributed by atoms with Gasteiger partial charge in [-0.2, -0.15) is 11.3 Å². The lowest BCUT2D eigenvalue weighted by Crippen LogP contribution is -2.38. The van der Waals surface area contributed by atoms with E-state index in [2.05, 4.69) is 31.4 Å². The second-order valence-corrected chi connectivity index (χ2v) is 6.56. The highest BCUT2D eigenvalue weighted by atomic mass is 79.9. The molecule has 7 nitrogen and oxygen atoms in total. The number of carbonyl (C=O) groups is 2. The van der Waals surface area contributed by atoms with E-state index in [1.807, 2.05) is 9.95 Å². The lowest BCUT2D eigenvalue weighted by Gasteiger charge is -2.23. The van der Waals surface area contributed by atoms with Crippen molar-refractivity contribution in [3.63, 3.8) is 0 Å². The molecular weight excluding hydrogens is 370 g/mol. The van der Waals surface area contributed by atoms with Gasteiger partial charge < -0.3 is 14.8 Å². The van der Waals surface area contributed by atoms with Crippen LogP contribution < -0.4 is 5.32 Å². The Morgan fingerprint density at radius 3 is 2.95 bits per heavy atom. The Morgan fingerprint density at radius 2 is 2.23 bits per heavy atom. The monoisotopic (exact) mass is 383 g/mol. The number of thiophene rings is 1. The lowest BCUT2D eigenvalue weighted by molar-refractivity contribution is 0.0739. The van der Waals surface area contributed by atoms with Gasteiger partial charge >= 0.3 is 0 Å². The number of hydrogen-bond acceptors (Lipinski definition) is 5. The molecular formula is C13H14BrN5O2S. The second kappa shape index (κ2) is 6.17. The van der Waals surface area contributed by atoms with Gasteiger partial charge in [0.1, 0.15) is 5.82 Å². The van der Waals surface area contributed by atoms with E-state index in [1.165, 1.54) is 11.3 Å². The Balaban J connectivity index is 1.61. The predicted molar refractivity (Wildman–Crippen MR) is 85.0 cm³/mol. The van der Waals surface area contributed by atoms with Crippen LogP contribution in [0, 0.1) is 0 Å². The summed E-state index contributed by atoms with van der Waals surface area (Å²) in [5.74, 6) is 0.857. The molecule has 3 heterocycles. The molecule has 116 valence electrons. The number of aromatic nitrogens is 3. The zero-order chi connectivity index (χ0) is 15.7. The number of nitrogens with one attached hydrogen (secondary N) is 1. The van der Waals surface area contributed by atoms with E-state index in [0.717, 1.165) is 10.3 Å². The molecule has 0 saturated heterocycles. The largest absolute Gasteiger partial charge is 0.352 e. The van der Waals surface area contributed by atoms with Crippen LogP contribution in [0.2, 0.25) is 0 Å². The number of carbonyl (C=O) groups excluding carboxylic acids is 2. The summed E-state index contributed by atoms with van der Waals surface area (Å²) in [4.78, 5) is 25.6. The topological polar surface area (TPSA) is 80.1 Å². The van der Waals surface area contributed by atoms with Crippen LogP contribution in [0.3, 0.4) is 0 Å². The highest BCUT2D eigenvalue weighted by molar-refractivity contribution is 9.10. The normalized spacial score (nSPS) is 14.1. The number of amides is 2. The van der Waals surface area contributed by atoms with E-state index in [4.69, 9.17) is 0 Å². The van der Waals surface area contributed by atoms with Crippen molar-refractivity contribution in [3.8, 4) is 0 Å². The van der Waals surface area contributed by atoms with Gasteiger partial charge in [-0.25, -0.2) is 0 Å². The van der Waals surface area contributed by atoms with Gasteiger partial charge in [0.25, 0.3) is 11.8 Å². The number of fused-ring (bicyclic) bond motifs is 1. The van der Waals surface area contributed by atoms with Crippen LogP contribution in [0.4, 0.5) is 0 Å². The fourth-order valence-corrected chi connectivity index (χ4v) is 3.72. The standard InChI is InChI=1S/C13H14BrN5O2S/c1-18-4-5-19-10(16-17-11(19)13(18)21)2-3-15-12(20)8-6-22-7-9(8)14/h6-7H,2-5H2,1H3,(H,15,20). The van der Waals surface area contributed by atoms with Crippen molar-refractivity contribution in [1.82, 2.24) is 25.0 Å². The van der Waals surface area contributed by atoms with Gasteiger partial charge in [-0.1, -0.05) is 0 Å². The molecule has 2 aromatic heterocycles. The molecule has 2 aromatic rings. The van der Waals surface area contributed by atoms with E-state index in [1.54, 1.807) is 17.3 Å². The van der Waals surface area contributed by atoms with E-state index in [0.29, 0.717) is 37.4 Å². The molecule has 1 N–H and O–H groups in total. The molecule has 0 atom stereocenters. The zero-order valence-electron chi connectivity index (χ0n) is 11.9. The highest BCUT2D eigenvalue weighted by Gasteiger charge is 2.26. The van der Waals surface area contributed by atoms with Crippen LogP contribution >= 0.6 is 27.3 Å². The van der Waals surface area contributed by atoms with Crippen LogP contribution in [0.25, 0.3) is 0 Å². The third-order valence-corrected chi connectivity index (χ3v) is 5.22.